The van der Waals surface area contributed by atoms with E-state index in [0.29, 0.717) is 18.6 Å². The summed E-state index contributed by atoms with van der Waals surface area (Å²) in [6.45, 7) is 0.469. The lowest BCUT2D eigenvalue weighted by Crippen LogP contribution is -2.23. The van der Waals surface area contributed by atoms with E-state index in [2.05, 4.69) is 0 Å². The Morgan fingerprint density at radius 3 is 2.75 bits per heavy atom. The molecule has 2 N–H and O–H groups in total. The second-order valence-electron chi connectivity index (χ2n) is 5.86. The highest BCUT2D eigenvalue weighted by atomic mass is 32.2. The van der Waals surface area contributed by atoms with E-state index in [1.165, 1.54) is 12.1 Å². The minimum absolute atomic E-state index is 0.112. The second-order valence-corrected chi connectivity index (χ2v) is 7.42. The molecular weight excluding hydrogens is 333 g/mol. The van der Waals surface area contributed by atoms with Crippen LogP contribution >= 0.6 is 0 Å². The van der Waals surface area contributed by atoms with E-state index in [0.717, 1.165) is 29.5 Å². The van der Waals surface area contributed by atoms with Crippen LogP contribution in [-0.4, -0.2) is 22.1 Å². The van der Waals surface area contributed by atoms with Crippen molar-refractivity contribution in [3.63, 3.8) is 0 Å². The van der Waals surface area contributed by atoms with Gasteiger partial charge in [-0.25, -0.2) is 17.9 Å². The molecule has 0 aliphatic carbocycles. The molecule has 128 valence electrons. The van der Waals surface area contributed by atoms with Gasteiger partial charge < -0.3 is 9.47 Å². The van der Waals surface area contributed by atoms with Crippen LogP contribution in [0.2, 0.25) is 0 Å². The molecule has 0 radical (unpaired) electrons. The zero-order valence-electron chi connectivity index (χ0n) is 13.2. The van der Waals surface area contributed by atoms with Gasteiger partial charge in [-0.1, -0.05) is 12.1 Å². The number of methoxy groups -OCH3 is 1. The minimum atomic E-state index is -3.90. The first kappa shape index (κ1) is 16.7. The predicted octanol–water partition coefficient (Wildman–Crippen LogP) is 2.28. The maximum absolute atomic E-state index is 14.2. The highest BCUT2D eigenvalue weighted by molar-refractivity contribution is 7.89. The van der Waals surface area contributed by atoms with Crippen molar-refractivity contribution in [2.75, 3.05) is 13.7 Å². The van der Waals surface area contributed by atoms with Crippen molar-refractivity contribution in [1.82, 2.24) is 0 Å². The summed E-state index contributed by atoms with van der Waals surface area (Å²) < 4.78 is 47.6. The number of sulfonamides is 1. The maximum Gasteiger partial charge on any atom is 0.238 e. The summed E-state index contributed by atoms with van der Waals surface area (Å²) in [5, 5.41) is 5.01. The molecule has 0 saturated carbocycles. The highest BCUT2D eigenvalue weighted by Gasteiger charge is 2.22. The molecule has 0 unspecified atom stereocenters. The van der Waals surface area contributed by atoms with Crippen LogP contribution in [-0.2, 0) is 22.9 Å². The van der Waals surface area contributed by atoms with Crippen molar-refractivity contribution in [3.05, 3.63) is 53.3 Å². The van der Waals surface area contributed by atoms with Crippen LogP contribution in [0.3, 0.4) is 0 Å². The normalized spacial score (nSPS) is 17.0. The van der Waals surface area contributed by atoms with Crippen molar-refractivity contribution in [1.29, 1.82) is 0 Å². The zero-order chi connectivity index (χ0) is 17.3. The number of hydrogen-bond donors (Lipinski definition) is 1. The Bertz CT molecular complexity index is 867. The molecule has 0 bridgehead atoms. The van der Waals surface area contributed by atoms with E-state index in [-0.39, 0.29) is 10.8 Å². The summed E-state index contributed by atoms with van der Waals surface area (Å²) in [5.74, 6) is 1.07. The van der Waals surface area contributed by atoms with Crippen LogP contribution in [0, 0.1) is 11.7 Å². The lowest BCUT2D eigenvalue weighted by molar-refractivity contribution is 0.219. The fraction of sp³-hybridized carbons (Fsp3) is 0.294. The number of primary sulfonamides is 1. The van der Waals surface area contributed by atoms with E-state index in [1.807, 2.05) is 18.2 Å². The van der Waals surface area contributed by atoms with Gasteiger partial charge in [-0.3, -0.25) is 0 Å². The molecule has 1 atom stereocenters. The second kappa shape index (κ2) is 6.41. The minimum Gasteiger partial charge on any atom is -0.497 e. The lowest BCUT2D eigenvalue weighted by Gasteiger charge is -2.26. The first-order chi connectivity index (χ1) is 11.4. The van der Waals surface area contributed by atoms with Gasteiger partial charge in [0.25, 0.3) is 0 Å². The Kier molecular flexibility index (Phi) is 4.47. The van der Waals surface area contributed by atoms with Crippen LogP contribution in [0.5, 0.6) is 11.5 Å². The SMILES string of the molecule is COc1ccc2c(c1)OC[C@H](Cc1ccc(S(N)(=O)=O)cc1F)C2. The van der Waals surface area contributed by atoms with Crippen LogP contribution in [0.4, 0.5) is 4.39 Å². The van der Waals surface area contributed by atoms with Crippen molar-refractivity contribution < 1.29 is 22.3 Å². The number of ether oxygens (including phenoxy) is 2. The number of nitrogens with two attached hydrogens (primary N) is 1. The van der Waals surface area contributed by atoms with Gasteiger partial charge in [-0.2, -0.15) is 0 Å². The Balaban J connectivity index is 1.75. The summed E-state index contributed by atoms with van der Waals surface area (Å²) in [5.41, 5.74) is 1.50. The average Bonchev–Trinajstić information content (AvgIpc) is 2.55. The maximum atomic E-state index is 14.2. The van der Waals surface area contributed by atoms with Gasteiger partial charge >= 0.3 is 0 Å². The van der Waals surface area contributed by atoms with E-state index < -0.39 is 15.8 Å². The molecule has 0 spiro atoms. The fourth-order valence-corrected chi connectivity index (χ4v) is 3.38. The monoisotopic (exact) mass is 351 g/mol. The molecule has 2 aromatic rings. The highest BCUT2D eigenvalue weighted by Crippen LogP contribution is 2.32. The fourth-order valence-electron chi connectivity index (χ4n) is 2.86. The first-order valence-electron chi connectivity index (χ1n) is 7.48. The smallest absolute Gasteiger partial charge is 0.238 e. The van der Waals surface area contributed by atoms with Crippen molar-refractivity contribution in [3.8, 4) is 11.5 Å². The Morgan fingerprint density at radius 1 is 1.29 bits per heavy atom. The quantitative estimate of drug-likeness (QED) is 0.917. The summed E-state index contributed by atoms with van der Waals surface area (Å²) in [6.07, 6.45) is 1.22. The third-order valence-electron chi connectivity index (χ3n) is 4.12. The molecule has 24 heavy (non-hydrogen) atoms. The molecule has 0 amide bonds. The third kappa shape index (κ3) is 3.52. The average molecular weight is 351 g/mol. The standard InChI is InChI=1S/C17H18FNO4S/c1-22-14-4-2-13-7-11(10-23-17(13)8-14)6-12-3-5-15(9-16(12)18)24(19,20)21/h2-5,8-9,11H,6-7,10H2,1H3,(H2,19,20,21)/t11-/m1/s1. The van der Waals surface area contributed by atoms with Gasteiger partial charge in [0.15, 0.2) is 0 Å². The number of fused-ring (bicyclic) bond motifs is 1. The Morgan fingerprint density at radius 2 is 2.08 bits per heavy atom. The van der Waals surface area contributed by atoms with Gasteiger partial charge in [0.05, 0.1) is 18.6 Å². The Hall–Kier alpha value is -2.12. The summed E-state index contributed by atoms with van der Waals surface area (Å²) in [6, 6.07) is 9.42. The largest absolute Gasteiger partial charge is 0.497 e. The lowest BCUT2D eigenvalue weighted by atomic mass is 9.91. The van der Waals surface area contributed by atoms with E-state index in [4.69, 9.17) is 14.6 Å². The molecular formula is C17H18FNO4S. The van der Waals surface area contributed by atoms with Gasteiger partial charge in [0, 0.05) is 12.0 Å². The van der Waals surface area contributed by atoms with E-state index >= 15 is 0 Å². The van der Waals surface area contributed by atoms with Crippen molar-refractivity contribution >= 4 is 10.0 Å². The van der Waals surface area contributed by atoms with Crippen LogP contribution in [0.1, 0.15) is 11.1 Å². The molecule has 2 aromatic carbocycles. The molecule has 3 rings (SSSR count). The molecule has 1 aliphatic rings. The van der Waals surface area contributed by atoms with Crippen LogP contribution < -0.4 is 14.6 Å². The van der Waals surface area contributed by atoms with Gasteiger partial charge in [0.1, 0.15) is 17.3 Å². The molecule has 5 nitrogen and oxygen atoms in total. The molecule has 0 aromatic heterocycles. The molecule has 1 aliphatic heterocycles. The summed E-state index contributed by atoms with van der Waals surface area (Å²) in [7, 11) is -2.30. The van der Waals surface area contributed by atoms with Gasteiger partial charge in [-0.05, 0) is 42.2 Å². The van der Waals surface area contributed by atoms with Crippen LogP contribution in [0.25, 0.3) is 0 Å². The van der Waals surface area contributed by atoms with Crippen molar-refractivity contribution in [2.45, 2.75) is 17.7 Å². The molecule has 0 fully saturated rings. The Labute approximate surface area is 140 Å². The summed E-state index contributed by atoms with van der Waals surface area (Å²) in [4.78, 5) is -0.221. The molecule has 0 saturated heterocycles. The first-order valence-corrected chi connectivity index (χ1v) is 9.02. The number of hydrogen-bond acceptors (Lipinski definition) is 4. The topological polar surface area (TPSA) is 78.6 Å². The molecule has 7 heteroatoms. The molecule has 1 heterocycles. The van der Waals surface area contributed by atoms with Gasteiger partial charge in [-0.15, -0.1) is 0 Å². The zero-order valence-corrected chi connectivity index (χ0v) is 14.0. The number of benzene rings is 2. The van der Waals surface area contributed by atoms with E-state index in [9.17, 15) is 12.8 Å². The summed E-state index contributed by atoms with van der Waals surface area (Å²) >= 11 is 0. The van der Waals surface area contributed by atoms with Gasteiger partial charge in [0.2, 0.25) is 10.0 Å². The predicted molar refractivity (Wildman–Crippen MR) is 87.2 cm³/mol. The third-order valence-corrected chi connectivity index (χ3v) is 5.03. The van der Waals surface area contributed by atoms with Crippen LogP contribution in [0.15, 0.2) is 41.3 Å². The van der Waals surface area contributed by atoms with E-state index in [1.54, 1.807) is 7.11 Å². The number of rotatable bonds is 4. The number of halogens is 1. The van der Waals surface area contributed by atoms with Crippen molar-refractivity contribution in [2.24, 2.45) is 11.1 Å².